The zero-order valence-electron chi connectivity index (χ0n) is 32.4. The van der Waals surface area contributed by atoms with Crippen molar-refractivity contribution < 1.29 is 28.2 Å². The average molecular weight is 782 g/mol. The number of ether oxygens (including phenoxy) is 2. The maximum Gasteiger partial charge on any atom is 0.410 e. The minimum Gasteiger partial charge on any atom is -0.453 e. The van der Waals surface area contributed by atoms with E-state index in [1.165, 1.54) is 13.2 Å². The van der Waals surface area contributed by atoms with Crippen LogP contribution < -0.4 is 5.32 Å². The zero-order chi connectivity index (χ0) is 39.8. The van der Waals surface area contributed by atoms with Crippen molar-refractivity contribution >= 4 is 39.9 Å². The van der Waals surface area contributed by atoms with Crippen LogP contribution in [0, 0.1) is 23.6 Å². The van der Waals surface area contributed by atoms with Crippen LogP contribution in [-0.4, -0.2) is 73.1 Å². The van der Waals surface area contributed by atoms with Gasteiger partial charge in [0.2, 0.25) is 5.91 Å². The van der Waals surface area contributed by atoms with E-state index in [-0.39, 0.29) is 48.7 Å². The molecule has 2 saturated heterocycles. The Bertz CT molecular complexity index is 2590. The number of alkyl carbamates (subject to hydrolysis) is 1. The van der Waals surface area contributed by atoms with Gasteiger partial charge in [-0.3, -0.25) is 9.69 Å². The summed E-state index contributed by atoms with van der Waals surface area (Å²) in [7, 11) is 1.28. The number of benzene rings is 4. The van der Waals surface area contributed by atoms with E-state index in [1.54, 1.807) is 12.3 Å². The highest BCUT2D eigenvalue weighted by molar-refractivity contribution is 6.05. The zero-order valence-corrected chi connectivity index (χ0v) is 32.4. The summed E-state index contributed by atoms with van der Waals surface area (Å²) in [6, 6.07) is 24.0. The second kappa shape index (κ2) is 14.0. The Labute approximate surface area is 334 Å². The van der Waals surface area contributed by atoms with E-state index in [0.29, 0.717) is 28.9 Å². The monoisotopic (exact) mass is 781 g/mol. The molecule has 12 nitrogen and oxygen atoms in total. The number of hydrogen-bond donors (Lipinski definition) is 3. The molecule has 0 radical (unpaired) electrons. The van der Waals surface area contributed by atoms with Crippen LogP contribution in [0.5, 0.6) is 0 Å². The molecule has 2 aromatic heterocycles. The van der Waals surface area contributed by atoms with Crippen LogP contribution in [0.2, 0.25) is 0 Å². The number of methoxy groups -OCH3 is 1. The summed E-state index contributed by atoms with van der Waals surface area (Å²) < 4.78 is 26.5. The first-order valence-electron chi connectivity index (χ1n) is 20.1. The third-order valence-electron chi connectivity index (χ3n) is 12.6. The van der Waals surface area contributed by atoms with Gasteiger partial charge in [-0.2, -0.15) is 0 Å². The molecule has 4 aliphatic rings. The van der Waals surface area contributed by atoms with Gasteiger partial charge in [-0.05, 0) is 89.8 Å². The van der Waals surface area contributed by atoms with Crippen molar-refractivity contribution in [3.05, 3.63) is 108 Å². The fourth-order valence-electron chi connectivity index (χ4n) is 9.35. The predicted molar refractivity (Wildman–Crippen MR) is 215 cm³/mol. The van der Waals surface area contributed by atoms with Crippen LogP contribution in [0.3, 0.4) is 0 Å². The average Bonchev–Trinajstić information content (AvgIpc) is 3.85. The summed E-state index contributed by atoms with van der Waals surface area (Å²) >= 11 is 0. The molecule has 3 N–H and O–H groups in total. The van der Waals surface area contributed by atoms with Gasteiger partial charge < -0.3 is 29.7 Å². The number of piperidine rings is 2. The Morgan fingerprint density at radius 3 is 2.33 bits per heavy atom. The standard InChI is InChI=1S/C45H44FN7O5/c1-23(2)39(51-44(55)57-3)43(54)52-35-17-28(35)19-37(52)41-47-21-34(49-41)31-13-10-26(16-32(31)46)25-9-12-30-27(15-25)11-14-33-40(30)50-42(48-33)38-20-29-18-36(29)53(38)45(56)58-22-24-7-5-4-6-8-24/h4-16,21,23,28-29,35-39H,17-20,22H2,1-3H3,(H,47,49)(H,48,50)(H,51,55)/t28-,29-,35-,36-,37+,38+,39+/m1/s1. The number of likely N-dealkylation sites (tertiary alicyclic amines) is 2. The van der Waals surface area contributed by atoms with E-state index < -0.39 is 18.0 Å². The van der Waals surface area contributed by atoms with E-state index in [2.05, 4.69) is 20.3 Å². The molecule has 2 aliphatic heterocycles. The third-order valence-corrected chi connectivity index (χ3v) is 12.6. The Morgan fingerprint density at radius 2 is 1.59 bits per heavy atom. The third kappa shape index (κ3) is 6.33. The Morgan fingerprint density at radius 1 is 0.862 bits per heavy atom. The molecule has 296 valence electrons. The van der Waals surface area contributed by atoms with Gasteiger partial charge in [0.05, 0.1) is 42.1 Å². The van der Waals surface area contributed by atoms with Crippen LogP contribution in [0.25, 0.3) is 44.2 Å². The number of amides is 3. The van der Waals surface area contributed by atoms with E-state index in [4.69, 9.17) is 14.5 Å². The SMILES string of the molecule is COC(=O)N[C@H](C(=O)N1[C@@H]2C[C@@H]2C[C@H]1c1ncc(-c2ccc(-c3ccc4c(ccc5[nH]c([C@@H]6C[C@H]7C[C@H]7N6C(=O)OCc6ccccc6)nc54)c3)cc2F)[nH]1)C(C)C. The second-order valence-electron chi connectivity index (χ2n) is 16.6. The van der Waals surface area contributed by atoms with E-state index in [1.807, 2.05) is 90.4 Å². The maximum absolute atomic E-state index is 15.9. The van der Waals surface area contributed by atoms with Crippen molar-refractivity contribution in [3.63, 3.8) is 0 Å². The Balaban J connectivity index is 0.864. The van der Waals surface area contributed by atoms with Gasteiger partial charge in [-0.15, -0.1) is 0 Å². The van der Waals surface area contributed by atoms with Gasteiger partial charge in [-0.25, -0.2) is 23.9 Å². The van der Waals surface area contributed by atoms with Crippen LogP contribution in [0.15, 0.2) is 85.1 Å². The molecule has 0 bridgehead atoms. The number of H-pyrrole nitrogens is 2. The molecule has 2 aliphatic carbocycles. The number of carbonyl (C=O) groups excluding carboxylic acids is 3. The first kappa shape index (κ1) is 36.1. The lowest BCUT2D eigenvalue weighted by atomic mass is 9.99. The maximum atomic E-state index is 15.9. The van der Waals surface area contributed by atoms with E-state index in [0.717, 1.165) is 70.0 Å². The van der Waals surface area contributed by atoms with Crippen molar-refractivity contribution in [1.29, 1.82) is 0 Å². The van der Waals surface area contributed by atoms with Gasteiger partial charge in [0, 0.05) is 23.0 Å². The van der Waals surface area contributed by atoms with Crippen LogP contribution >= 0.6 is 0 Å². The molecule has 7 atom stereocenters. The van der Waals surface area contributed by atoms with E-state index in [9.17, 15) is 14.4 Å². The molecule has 4 aromatic carbocycles. The number of hydrogen-bond acceptors (Lipinski definition) is 7. The summed E-state index contributed by atoms with van der Waals surface area (Å²) in [5.41, 5.74) is 5.16. The highest BCUT2D eigenvalue weighted by Gasteiger charge is 2.57. The molecule has 4 heterocycles. The lowest BCUT2D eigenvalue weighted by Gasteiger charge is -2.31. The molecule has 10 rings (SSSR count). The van der Waals surface area contributed by atoms with Crippen molar-refractivity contribution in [2.24, 2.45) is 17.8 Å². The topological polar surface area (TPSA) is 146 Å². The minimum atomic E-state index is -0.733. The molecule has 6 aromatic rings. The number of imidazole rings is 2. The molecule has 2 saturated carbocycles. The van der Waals surface area contributed by atoms with Crippen molar-refractivity contribution in [1.82, 2.24) is 35.1 Å². The molecule has 13 heteroatoms. The Kier molecular flexibility index (Phi) is 8.72. The summed E-state index contributed by atoms with van der Waals surface area (Å²) in [6.45, 7) is 4.00. The number of aromatic nitrogens is 4. The second-order valence-corrected chi connectivity index (χ2v) is 16.6. The van der Waals surface area contributed by atoms with Crippen molar-refractivity contribution in [2.75, 3.05) is 7.11 Å². The number of aromatic amines is 2. The molecule has 4 fully saturated rings. The van der Waals surface area contributed by atoms with Crippen molar-refractivity contribution in [2.45, 2.75) is 76.3 Å². The number of nitrogens with one attached hydrogen (secondary N) is 3. The van der Waals surface area contributed by atoms with Crippen LogP contribution in [-0.2, 0) is 20.9 Å². The largest absolute Gasteiger partial charge is 0.453 e. The number of carbonyl (C=O) groups is 3. The van der Waals surface area contributed by atoms with Gasteiger partial charge >= 0.3 is 12.2 Å². The van der Waals surface area contributed by atoms with Gasteiger partial charge in [-0.1, -0.05) is 68.4 Å². The molecule has 3 amide bonds. The van der Waals surface area contributed by atoms with Gasteiger partial charge in [0.1, 0.15) is 30.1 Å². The molecule has 0 unspecified atom stereocenters. The fraction of sp³-hybridized carbons (Fsp3) is 0.356. The van der Waals surface area contributed by atoms with Crippen molar-refractivity contribution in [3.8, 4) is 22.4 Å². The smallest absolute Gasteiger partial charge is 0.410 e. The van der Waals surface area contributed by atoms with Crippen LogP contribution in [0.1, 0.15) is 68.8 Å². The predicted octanol–water partition coefficient (Wildman–Crippen LogP) is 8.43. The number of rotatable bonds is 9. The van der Waals surface area contributed by atoms with E-state index >= 15 is 4.39 Å². The molecular formula is C45H44FN7O5. The number of nitrogens with zero attached hydrogens (tertiary/aromatic N) is 4. The molecule has 58 heavy (non-hydrogen) atoms. The first-order valence-corrected chi connectivity index (χ1v) is 20.1. The number of fused-ring (bicyclic) bond motifs is 5. The van der Waals surface area contributed by atoms with Crippen LogP contribution in [0.4, 0.5) is 14.0 Å². The highest BCUT2D eigenvalue weighted by atomic mass is 19.1. The highest BCUT2D eigenvalue weighted by Crippen LogP contribution is 2.54. The Hall–Kier alpha value is -6.24. The van der Waals surface area contributed by atoms with Gasteiger partial charge in [0.25, 0.3) is 0 Å². The summed E-state index contributed by atoms with van der Waals surface area (Å²) in [4.78, 5) is 59.4. The minimum absolute atomic E-state index is 0.0974. The van der Waals surface area contributed by atoms with Gasteiger partial charge in [0.15, 0.2) is 0 Å². The molecule has 0 spiro atoms. The fourth-order valence-corrected chi connectivity index (χ4v) is 9.35. The normalized spacial score (nSPS) is 23.5. The lowest BCUT2D eigenvalue weighted by Crippen LogP contribution is -2.52. The quantitative estimate of drug-likeness (QED) is 0.134. The first-order chi connectivity index (χ1) is 28.1. The molecular weight excluding hydrogens is 738 g/mol. The number of halogens is 1. The summed E-state index contributed by atoms with van der Waals surface area (Å²) in [5.74, 6) is 1.49. The lowest BCUT2D eigenvalue weighted by molar-refractivity contribution is -0.136. The summed E-state index contributed by atoms with van der Waals surface area (Å²) in [5, 5.41) is 4.63. The summed E-state index contributed by atoms with van der Waals surface area (Å²) in [6.07, 6.45) is 4.18.